The highest BCUT2D eigenvalue weighted by Gasteiger charge is 2.35. The van der Waals surface area contributed by atoms with Gasteiger partial charge in [-0.25, -0.2) is 9.18 Å². The van der Waals surface area contributed by atoms with Crippen molar-refractivity contribution in [1.82, 2.24) is 0 Å². The number of carboxylic acids is 1. The summed E-state index contributed by atoms with van der Waals surface area (Å²) in [6.07, 6.45) is 1.70. The number of benzene rings is 1. The molecule has 0 radical (unpaired) electrons. The number of carbonyl (C=O) groups excluding carboxylic acids is 1. The minimum absolute atomic E-state index is 0.0373. The van der Waals surface area contributed by atoms with E-state index in [0.717, 1.165) is 12.5 Å². The lowest BCUT2D eigenvalue weighted by Gasteiger charge is -2.21. The zero-order valence-electron chi connectivity index (χ0n) is 11.4. The van der Waals surface area contributed by atoms with Crippen molar-refractivity contribution in [2.45, 2.75) is 20.3 Å². The number of anilines is 1. The molecule has 1 heterocycles. The van der Waals surface area contributed by atoms with Crippen LogP contribution in [0.15, 0.2) is 24.3 Å². The smallest absolute Gasteiger partial charge is 0.329 e. The molecule has 5 heteroatoms. The van der Waals surface area contributed by atoms with Crippen LogP contribution in [0.3, 0.4) is 0 Å². The summed E-state index contributed by atoms with van der Waals surface area (Å²) in [5.41, 5.74) is 0.571. The SMILES string of the molecule is CC[C@H](C)CN1C(=O)C(=CC(=O)O)c2cccc(F)c21. The first-order valence-corrected chi connectivity index (χ1v) is 6.51. The molecule has 0 aromatic heterocycles. The predicted molar refractivity (Wildman–Crippen MR) is 73.8 cm³/mol. The van der Waals surface area contributed by atoms with Crippen LogP contribution in [0.25, 0.3) is 5.57 Å². The van der Waals surface area contributed by atoms with Gasteiger partial charge in [0.1, 0.15) is 5.82 Å². The minimum Gasteiger partial charge on any atom is -0.478 e. The van der Waals surface area contributed by atoms with Gasteiger partial charge in [-0.2, -0.15) is 0 Å². The van der Waals surface area contributed by atoms with Gasteiger partial charge in [0.15, 0.2) is 0 Å². The Morgan fingerprint density at radius 1 is 1.50 bits per heavy atom. The maximum absolute atomic E-state index is 14.0. The summed E-state index contributed by atoms with van der Waals surface area (Å²) >= 11 is 0. The Balaban J connectivity index is 2.53. The second-order valence-electron chi connectivity index (χ2n) is 4.96. The maximum Gasteiger partial charge on any atom is 0.329 e. The molecule has 0 aliphatic carbocycles. The Morgan fingerprint density at radius 2 is 2.20 bits per heavy atom. The Bertz CT molecular complexity index is 595. The number of carbonyl (C=O) groups is 2. The predicted octanol–water partition coefficient (Wildman–Crippen LogP) is 2.69. The van der Waals surface area contributed by atoms with Crippen molar-refractivity contribution < 1.29 is 19.1 Å². The number of fused-ring (bicyclic) bond motifs is 1. The lowest BCUT2D eigenvalue weighted by Crippen LogP contribution is -2.31. The number of nitrogens with zero attached hydrogens (tertiary/aromatic N) is 1. The highest BCUT2D eigenvalue weighted by molar-refractivity contribution is 6.34. The lowest BCUT2D eigenvalue weighted by atomic mass is 10.1. The molecule has 1 aromatic carbocycles. The van der Waals surface area contributed by atoms with Crippen LogP contribution in [0.5, 0.6) is 0 Å². The molecule has 0 spiro atoms. The number of amides is 1. The first-order valence-electron chi connectivity index (χ1n) is 6.51. The van der Waals surface area contributed by atoms with Crippen molar-refractivity contribution in [1.29, 1.82) is 0 Å². The van der Waals surface area contributed by atoms with E-state index < -0.39 is 17.7 Å². The van der Waals surface area contributed by atoms with Gasteiger partial charge < -0.3 is 10.0 Å². The molecule has 0 unspecified atom stereocenters. The number of hydrogen-bond acceptors (Lipinski definition) is 2. The summed E-state index contributed by atoms with van der Waals surface area (Å²) in [6, 6.07) is 4.32. The van der Waals surface area contributed by atoms with Crippen LogP contribution < -0.4 is 4.90 Å². The van der Waals surface area contributed by atoms with Gasteiger partial charge in [-0.1, -0.05) is 32.4 Å². The van der Waals surface area contributed by atoms with Crippen LogP contribution in [0.4, 0.5) is 10.1 Å². The maximum atomic E-state index is 14.0. The average molecular weight is 277 g/mol. The molecular weight excluding hydrogens is 261 g/mol. The molecule has 1 amide bonds. The Labute approximate surface area is 116 Å². The fraction of sp³-hybridized carbons (Fsp3) is 0.333. The highest BCUT2D eigenvalue weighted by atomic mass is 19.1. The van der Waals surface area contributed by atoms with E-state index in [-0.39, 0.29) is 17.2 Å². The number of rotatable bonds is 4. The number of carboxylic acid groups (broad SMARTS) is 1. The van der Waals surface area contributed by atoms with Crippen molar-refractivity contribution in [3.05, 3.63) is 35.7 Å². The Hall–Kier alpha value is -2.17. The summed E-state index contributed by atoms with van der Waals surface area (Å²) in [5.74, 6) is -1.97. The van der Waals surface area contributed by atoms with E-state index in [9.17, 15) is 14.0 Å². The number of aliphatic carboxylic acids is 1. The van der Waals surface area contributed by atoms with Crippen molar-refractivity contribution in [3.8, 4) is 0 Å². The summed E-state index contributed by atoms with van der Waals surface area (Å²) in [4.78, 5) is 24.5. The largest absolute Gasteiger partial charge is 0.478 e. The second kappa shape index (κ2) is 5.45. The fourth-order valence-corrected chi connectivity index (χ4v) is 2.25. The van der Waals surface area contributed by atoms with Crippen molar-refractivity contribution in [2.24, 2.45) is 5.92 Å². The lowest BCUT2D eigenvalue weighted by molar-refractivity contribution is -0.131. The minimum atomic E-state index is -1.21. The molecule has 0 saturated heterocycles. The van der Waals surface area contributed by atoms with E-state index in [1.807, 2.05) is 13.8 Å². The van der Waals surface area contributed by atoms with Crippen LogP contribution >= 0.6 is 0 Å². The van der Waals surface area contributed by atoms with Crippen molar-refractivity contribution >= 4 is 23.1 Å². The molecule has 1 aromatic rings. The Kier molecular flexibility index (Phi) is 3.88. The number of halogens is 1. The second-order valence-corrected chi connectivity index (χ2v) is 4.96. The molecule has 1 N–H and O–H groups in total. The summed E-state index contributed by atoms with van der Waals surface area (Å²) in [5, 5.41) is 8.86. The molecule has 0 fully saturated rings. The van der Waals surface area contributed by atoms with Gasteiger partial charge in [-0.15, -0.1) is 0 Å². The van der Waals surface area contributed by atoms with Gasteiger partial charge in [-0.05, 0) is 12.0 Å². The molecule has 1 aliphatic rings. The van der Waals surface area contributed by atoms with Crippen LogP contribution in [0.2, 0.25) is 0 Å². The molecule has 4 nitrogen and oxygen atoms in total. The van der Waals surface area contributed by atoms with Gasteiger partial charge >= 0.3 is 5.97 Å². The van der Waals surface area contributed by atoms with Crippen molar-refractivity contribution in [2.75, 3.05) is 11.4 Å². The van der Waals surface area contributed by atoms with Gasteiger partial charge in [0.05, 0.1) is 11.3 Å². The van der Waals surface area contributed by atoms with E-state index in [1.165, 1.54) is 17.0 Å². The monoisotopic (exact) mass is 277 g/mol. The quantitative estimate of drug-likeness (QED) is 0.861. The molecule has 1 aliphatic heterocycles. The molecule has 1 atom stereocenters. The summed E-state index contributed by atoms with van der Waals surface area (Å²) < 4.78 is 14.0. The highest BCUT2D eigenvalue weighted by Crippen LogP contribution is 2.39. The van der Waals surface area contributed by atoms with Gasteiger partial charge in [0, 0.05) is 18.2 Å². The van der Waals surface area contributed by atoms with E-state index in [4.69, 9.17) is 5.11 Å². The zero-order chi connectivity index (χ0) is 14.9. The summed E-state index contributed by atoms with van der Waals surface area (Å²) in [7, 11) is 0. The van der Waals surface area contributed by atoms with E-state index >= 15 is 0 Å². The Morgan fingerprint density at radius 3 is 2.80 bits per heavy atom. The molecule has 2 rings (SSSR count). The number of hydrogen-bond donors (Lipinski definition) is 1. The van der Waals surface area contributed by atoms with E-state index in [0.29, 0.717) is 12.1 Å². The summed E-state index contributed by atoms with van der Waals surface area (Å²) in [6.45, 7) is 4.33. The molecular formula is C15H16FNO3. The molecule has 0 bridgehead atoms. The third-order valence-corrected chi connectivity index (χ3v) is 3.48. The standard InChI is InChI=1S/C15H16FNO3/c1-3-9(2)8-17-14-10(5-4-6-12(14)16)11(15(17)20)7-13(18)19/h4-7,9H,3,8H2,1-2H3,(H,18,19)/t9-/m0/s1. The van der Waals surface area contributed by atoms with Crippen LogP contribution in [0.1, 0.15) is 25.8 Å². The molecule has 20 heavy (non-hydrogen) atoms. The van der Waals surface area contributed by atoms with E-state index in [2.05, 4.69) is 0 Å². The molecule has 106 valence electrons. The van der Waals surface area contributed by atoms with E-state index in [1.54, 1.807) is 6.07 Å². The first kappa shape index (κ1) is 14.2. The van der Waals surface area contributed by atoms with Gasteiger partial charge in [-0.3, -0.25) is 4.79 Å². The first-order chi connectivity index (χ1) is 9.45. The van der Waals surface area contributed by atoms with Crippen molar-refractivity contribution in [3.63, 3.8) is 0 Å². The average Bonchev–Trinajstić information content (AvgIpc) is 2.65. The van der Waals surface area contributed by atoms with Gasteiger partial charge in [0.25, 0.3) is 5.91 Å². The van der Waals surface area contributed by atoms with Crippen LogP contribution in [-0.2, 0) is 9.59 Å². The normalized spacial score (nSPS) is 17.4. The van der Waals surface area contributed by atoms with Crippen LogP contribution in [0, 0.1) is 11.7 Å². The number of para-hydroxylation sites is 1. The third kappa shape index (κ3) is 2.43. The van der Waals surface area contributed by atoms with Crippen LogP contribution in [-0.4, -0.2) is 23.5 Å². The third-order valence-electron chi connectivity index (χ3n) is 3.48. The topological polar surface area (TPSA) is 57.6 Å². The van der Waals surface area contributed by atoms with Gasteiger partial charge in [0.2, 0.25) is 0 Å². The zero-order valence-corrected chi connectivity index (χ0v) is 11.4. The fourth-order valence-electron chi connectivity index (χ4n) is 2.25. The molecule has 0 saturated carbocycles.